The number of aromatic nitrogens is 2. The Kier molecular flexibility index (Phi) is 7.05. The summed E-state index contributed by atoms with van der Waals surface area (Å²) in [6.45, 7) is 6.84. The molecule has 1 atom stereocenters. The van der Waals surface area contributed by atoms with Crippen LogP contribution in [0.4, 0.5) is 15.3 Å². The number of piperidine rings is 1. The summed E-state index contributed by atoms with van der Waals surface area (Å²) in [6.07, 6.45) is 3.06. The average molecular weight is 503 g/mol. The van der Waals surface area contributed by atoms with Gasteiger partial charge in [0.05, 0.1) is 24.0 Å². The first-order valence-corrected chi connectivity index (χ1v) is 12.0. The van der Waals surface area contributed by atoms with Gasteiger partial charge >= 0.3 is 12.1 Å². The lowest BCUT2D eigenvalue weighted by atomic mass is 9.95. The molecule has 10 nitrogen and oxygen atoms in total. The summed E-state index contributed by atoms with van der Waals surface area (Å²) in [4.78, 5) is 46.9. The first-order valence-electron chi connectivity index (χ1n) is 11.6. The molecule has 2 aliphatic heterocycles. The molecule has 0 spiro atoms. The largest absolute Gasteiger partial charge is 0.376 e. The molecule has 0 aliphatic carbocycles. The third-order valence-electron chi connectivity index (χ3n) is 6.84. The number of hydrogen-bond acceptors (Lipinski definition) is 5. The van der Waals surface area contributed by atoms with E-state index in [1.807, 2.05) is 11.8 Å². The van der Waals surface area contributed by atoms with Crippen molar-refractivity contribution in [1.82, 2.24) is 24.7 Å². The van der Waals surface area contributed by atoms with Crippen LogP contribution in [0.1, 0.15) is 38.2 Å². The van der Waals surface area contributed by atoms with Crippen LogP contribution in [0.2, 0.25) is 5.02 Å². The number of imidazole rings is 1. The lowest BCUT2D eigenvalue weighted by molar-refractivity contribution is -0.141. The van der Waals surface area contributed by atoms with E-state index in [9.17, 15) is 14.4 Å². The molecule has 3 heterocycles. The van der Waals surface area contributed by atoms with Crippen LogP contribution in [-0.4, -0.2) is 75.2 Å². The summed E-state index contributed by atoms with van der Waals surface area (Å²) in [5, 5.41) is 6.07. The quantitative estimate of drug-likeness (QED) is 0.630. The second-order valence-electron chi connectivity index (χ2n) is 9.45. The Morgan fingerprint density at radius 2 is 1.86 bits per heavy atom. The van der Waals surface area contributed by atoms with Crippen LogP contribution in [0.25, 0.3) is 0 Å². The summed E-state index contributed by atoms with van der Waals surface area (Å²) >= 11 is 5.90. The Balaban J connectivity index is 1.38. The number of ether oxygens (including phenoxy) is 1. The van der Waals surface area contributed by atoms with Gasteiger partial charge in [0.2, 0.25) is 5.91 Å². The van der Waals surface area contributed by atoms with Crippen LogP contribution in [0.3, 0.4) is 0 Å². The molecule has 1 unspecified atom stereocenters. The fraction of sp³-hybridized carbons (Fsp3) is 0.500. The van der Waals surface area contributed by atoms with Gasteiger partial charge in [-0.05, 0) is 57.9 Å². The Hall–Kier alpha value is -3.11. The van der Waals surface area contributed by atoms with Crippen molar-refractivity contribution in [2.75, 3.05) is 25.5 Å². The minimum absolute atomic E-state index is 0.0425. The summed E-state index contributed by atoms with van der Waals surface area (Å²) in [5.41, 5.74) is 0.508. The number of aryl methyl sites for hydroxylation is 1. The second kappa shape index (κ2) is 9.87. The second-order valence-corrected chi connectivity index (χ2v) is 9.88. The molecule has 2 aliphatic rings. The molecule has 35 heavy (non-hydrogen) atoms. The first kappa shape index (κ1) is 25.0. The lowest BCUT2D eigenvalue weighted by Crippen LogP contribution is -2.61. The van der Waals surface area contributed by atoms with E-state index in [0.717, 1.165) is 5.69 Å². The highest BCUT2D eigenvalue weighted by Crippen LogP contribution is 2.27. The summed E-state index contributed by atoms with van der Waals surface area (Å²) in [5.74, 6) is 0.466. The summed E-state index contributed by atoms with van der Waals surface area (Å²) in [7, 11) is 1.51. The molecule has 1 aromatic carbocycles. The zero-order valence-corrected chi connectivity index (χ0v) is 21.1. The van der Waals surface area contributed by atoms with E-state index in [2.05, 4.69) is 15.6 Å². The van der Waals surface area contributed by atoms with Gasteiger partial charge in [0.15, 0.2) is 0 Å². The van der Waals surface area contributed by atoms with Crippen LogP contribution < -0.4 is 10.6 Å². The number of carbonyl (C=O) groups is 3. The zero-order chi connectivity index (χ0) is 25.3. The standard InChI is InChI=1S/C24H31ClN6O4/c1-15-26-13-19-14-30(23(34)31(15)19)18-9-11-29(12-10-18)21(32)20(24(2,3)35-4)28-22(33)27-17-7-5-16(25)6-8-17/h5-8,13,18,20H,9-12,14H2,1-4H3,(H2,27,28,33). The third kappa shape index (κ3) is 5.13. The predicted molar refractivity (Wildman–Crippen MR) is 131 cm³/mol. The number of nitrogens with one attached hydrogen (secondary N) is 2. The van der Waals surface area contributed by atoms with Crippen LogP contribution in [-0.2, 0) is 16.1 Å². The van der Waals surface area contributed by atoms with Crippen molar-refractivity contribution in [3.8, 4) is 0 Å². The number of likely N-dealkylation sites (tertiary alicyclic amines) is 1. The molecular weight excluding hydrogens is 472 g/mol. The topological polar surface area (TPSA) is 109 Å². The van der Waals surface area contributed by atoms with Crippen LogP contribution in [0, 0.1) is 6.92 Å². The van der Waals surface area contributed by atoms with Crippen molar-refractivity contribution in [3.63, 3.8) is 0 Å². The number of rotatable bonds is 6. The maximum Gasteiger partial charge on any atom is 0.330 e. The highest BCUT2D eigenvalue weighted by Gasteiger charge is 2.42. The first-order chi connectivity index (χ1) is 16.6. The molecule has 0 bridgehead atoms. The van der Waals surface area contributed by atoms with Gasteiger partial charge in [-0.3, -0.25) is 9.36 Å². The van der Waals surface area contributed by atoms with Gasteiger partial charge < -0.3 is 25.2 Å². The maximum atomic E-state index is 13.5. The van der Waals surface area contributed by atoms with Gasteiger partial charge in [-0.1, -0.05) is 11.6 Å². The van der Waals surface area contributed by atoms with Gasteiger partial charge in [-0.2, -0.15) is 0 Å². The Morgan fingerprint density at radius 1 is 1.20 bits per heavy atom. The van der Waals surface area contributed by atoms with Crippen molar-refractivity contribution in [1.29, 1.82) is 0 Å². The molecule has 11 heteroatoms. The molecule has 1 saturated heterocycles. The number of anilines is 1. The molecule has 4 rings (SSSR count). The van der Waals surface area contributed by atoms with E-state index in [4.69, 9.17) is 16.3 Å². The molecule has 4 amide bonds. The Bertz CT molecular complexity index is 1110. The number of methoxy groups -OCH3 is 1. The fourth-order valence-electron chi connectivity index (χ4n) is 4.58. The SMILES string of the molecule is COC(C)(C)C(NC(=O)Nc1ccc(Cl)cc1)C(=O)N1CCC(N2Cc3cnc(C)n3C2=O)CC1. The summed E-state index contributed by atoms with van der Waals surface area (Å²) < 4.78 is 7.21. The molecule has 1 aromatic heterocycles. The number of carbonyl (C=O) groups excluding carboxylic acids is 3. The monoisotopic (exact) mass is 502 g/mol. The van der Waals surface area contributed by atoms with E-state index in [0.29, 0.717) is 49.0 Å². The van der Waals surface area contributed by atoms with Gasteiger partial charge in [-0.25, -0.2) is 14.6 Å². The zero-order valence-electron chi connectivity index (χ0n) is 20.4. The minimum atomic E-state index is -0.940. The van der Waals surface area contributed by atoms with Crippen LogP contribution >= 0.6 is 11.6 Å². The van der Waals surface area contributed by atoms with E-state index in [1.54, 1.807) is 53.8 Å². The van der Waals surface area contributed by atoms with E-state index in [-0.39, 0.29) is 18.0 Å². The molecule has 1 fully saturated rings. The van der Waals surface area contributed by atoms with Crippen molar-refractivity contribution < 1.29 is 19.1 Å². The molecule has 2 N–H and O–H groups in total. The number of hydrogen-bond donors (Lipinski definition) is 2. The van der Waals surface area contributed by atoms with E-state index >= 15 is 0 Å². The predicted octanol–water partition coefficient (Wildman–Crippen LogP) is 3.23. The lowest BCUT2D eigenvalue weighted by Gasteiger charge is -2.40. The number of nitrogens with zero attached hydrogens (tertiary/aromatic N) is 4. The smallest absolute Gasteiger partial charge is 0.330 e. The highest BCUT2D eigenvalue weighted by atomic mass is 35.5. The van der Waals surface area contributed by atoms with Crippen LogP contribution in [0.5, 0.6) is 0 Å². The van der Waals surface area contributed by atoms with Gasteiger partial charge in [0.1, 0.15) is 11.9 Å². The number of benzene rings is 1. The summed E-state index contributed by atoms with van der Waals surface area (Å²) in [6, 6.07) is 5.27. The highest BCUT2D eigenvalue weighted by molar-refractivity contribution is 6.30. The van der Waals surface area contributed by atoms with E-state index < -0.39 is 17.7 Å². The number of amides is 4. The number of fused-ring (bicyclic) bond motifs is 1. The normalized spacial score (nSPS) is 17.3. The molecular formula is C24H31ClN6O4. The van der Waals surface area contributed by atoms with Crippen molar-refractivity contribution >= 4 is 35.3 Å². The van der Waals surface area contributed by atoms with Crippen molar-refractivity contribution in [3.05, 3.63) is 47.0 Å². The van der Waals surface area contributed by atoms with Gasteiger partial charge in [0, 0.05) is 37.0 Å². The van der Waals surface area contributed by atoms with Crippen molar-refractivity contribution in [2.45, 2.75) is 57.8 Å². The molecule has 0 radical (unpaired) electrons. The molecule has 2 aromatic rings. The molecule has 188 valence electrons. The third-order valence-corrected chi connectivity index (χ3v) is 7.10. The van der Waals surface area contributed by atoms with Gasteiger partial charge in [-0.15, -0.1) is 0 Å². The van der Waals surface area contributed by atoms with Crippen molar-refractivity contribution in [2.24, 2.45) is 0 Å². The maximum absolute atomic E-state index is 13.5. The number of halogens is 1. The number of urea groups is 1. The Morgan fingerprint density at radius 3 is 2.46 bits per heavy atom. The van der Waals surface area contributed by atoms with Gasteiger partial charge in [0.25, 0.3) is 0 Å². The molecule has 0 saturated carbocycles. The van der Waals surface area contributed by atoms with E-state index in [1.165, 1.54) is 7.11 Å². The Labute approximate surface area is 209 Å². The van der Waals surface area contributed by atoms with Crippen LogP contribution in [0.15, 0.2) is 30.5 Å². The minimum Gasteiger partial charge on any atom is -0.376 e. The average Bonchev–Trinajstić information content (AvgIpc) is 3.38. The fourth-order valence-corrected chi connectivity index (χ4v) is 4.71.